The maximum atomic E-state index is 5.98. The van der Waals surface area contributed by atoms with Crippen LogP contribution in [0.2, 0.25) is 0 Å². The molecule has 2 heterocycles. The van der Waals surface area contributed by atoms with Crippen molar-refractivity contribution in [3.05, 3.63) is 48.0 Å². The molecule has 0 atom stereocenters. The molecular weight excluding hydrogens is 252 g/mol. The summed E-state index contributed by atoms with van der Waals surface area (Å²) in [6.07, 6.45) is 3.61. The molecule has 0 spiro atoms. The normalized spacial score (nSPS) is 10.9. The van der Waals surface area contributed by atoms with Gasteiger partial charge in [0, 0.05) is 31.7 Å². The first-order valence-corrected chi connectivity index (χ1v) is 6.37. The van der Waals surface area contributed by atoms with Gasteiger partial charge >= 0.3 is 0 Å². The lowest BCUT2D eigenvalue weighted by atomic mass is 10.2. The number of aromatic nitrogens is 4. The van der Waals surface area contributed by atoms with Crippen molar-refractivity contribution in [1.82, 2.24) is 19.6 Å². The maximum Gasteiger partial charge on any atom is 0.203 e. The average molecular weight is 268 g/mol. The zero-order valence-electron chi connectivity index (χ0n) is 11.5. The molecule has 6 nitrogen and oxygen atoms in total. The van der Waals surface area contributed by atoms with Gasteiger partial charge in [-0.1, -0.05) is 18.2 Å². The van der Waals surface area contributed by atoms with E-state index in [1.165, 1.54) is 0 Å². The minimum Gasteiger partial charge on any atom is -0.398 e. The molecule has 102 valence electrons. The summed E-state index contributed by atoms with van der Waals surface area (Å²) in [4.78, 5) is 6.43. The van der Waals surface area contributed by atoms with Crippen LogP contribution >= 0.6 is 0 Å². The van der Waals surface area contributed by atoms with Crippen molar-refractivity contribution < 1.29 is 0 Å². The Morgan fingerprint density at radius 1 is 1.25 bits per heavy atom. The molecule has 0 saturated carbocycles. The molecule has 0 amide bonds. The van der Waals surface area contributed by atoms with Crippen molar-refractivity contribution in [2.75, 3.05) is 17.7 Å². The highest BCUT2D eigenvalue weighted by Crippen LogP contribution is 2.20. The van der Waals surface area contributed by atoms with Crippen LogP contribution in [-0.2, 0) is 6.54 Å². The van der Waals surface area contributed by atoms with Crippen LogP contribution < -0.4 is 10.6 Å². The molecule has 0 radical (unpaired) electrons. The largest absolute Gasteiger partial charge is 0.398 e. The Morgan fingerprint density at radius 2 is 2.05 bits per heavy atom. The predicted octanol–water partition coefficient (Wildman–Crippen LogP) is 1.65. The first-order valence-electron chi connectivity index (χ1n) is 6.37. The molecular formula is C14H16N6. The number of aryl methyl sites for hydroxylation is 1. The fourth-order valence-corrected chi connectivity index (χ4v) is 2.21. The maximum absolute atomic E-state index is 5.98. The van der Waals surface area contributed by atoms with Crippen LogP contribution in [0.15, 0.2) is 36.7 Å². The van der Waals surface area contributed by atoms with Gasteiger partial charge in [-0.2, -0.15) is 0 Å². The first kappa shape index (κ1) is 12.4. The van der Waals surface area contributed by atoms with E-state index in [2.05, 4.69) is 15.2 Å². The second kappa shape index (κ2) is 4.80. The van der Waals surface area contributed by atoms with E-state index in [-0.39, 0.29) is 0 Å². The lowest BCUT2D eigenvalue weighted by Gasteiger charge is -2.19. The standard InChI is InChI=1S/C14H16N6/c1-10-17-18-14-13(16-7-8-20(10)14)19(2)9-11-5-3-4-6-12(11)15/h3-8H,9,15H2,1-2H3. The number of anilines is 2. The molecule has 0 bridgehead atoms. The lowest BCUT2D eigenvalue weighted by Crippen LogP contribution is -2.19. The van der Waals surface area contributed by atoms with Crippen molar-refractivity contribution in [3.63, 3.8) is 0 Å². The van der Waals surface area contributed by atoms with E-state index >= 15 is 0 Å². The van der Waals surface area contributed by atoms with E-state index in [1.54, 1.807) is 6.20 Å². The number of fused-ring (bicyclic) bond motifs is 1. The van der Waals surface area contributed by atoms with Crippen molar-refractivity contribution in [3.8, 4) is 0 Å². The van der Waals surface area contributed by atoms with Crippen LogP contribution in [-0.4, -0.2) is 26.6 Å². The summed E-state index contributed by atoms with van der Waals surface area (Å²) in [6, 6.07) is 7.83. The average Bonchev–Trinajstić information content (AvgIpc) is 2.83. The third-order valence-electron chi connectivity index (χ3n) is 3.30. The highest BCUT2D eigenvalue weighted by atomic mass is 15.3. The zero-order chi connectivity index (χ0) is 14.1. The summed E-state index contributed by atoms with van der Waals surface area (Å²) in [5, 5.41) is 8.27. The second-order valence-corrected chi connectivity index (χ2v) is 4.75. The number of rotatable bonds is 3. The SMILES string of the molecule is Cc1nnc2c(N(C)Cc3ccccc3N)nccn12. The van der Waals surface area contributed by atoms with E-state index in [9.17, 15) is 0 Å². The molecule has 0 aliphatic heterocycles. The van der Waals surface area contributed by atoms with Gasteiger partial charge in [-0.3, -0.25) is 4.40 Å². The Balaban J connectivity index is 1.97. The minimum absolute atomic E-state index is 0.672. The number of nitrogens with two attached hydrogens (primary N) is 1. The Hall–Kier alpha value is -2.63. The van der Waals surface area contributed by atoms with Gasteiger partial charge in [-0.15, -0.1) is 10.2 Å². The Bertz CT molecular complexity index is 748. The van der Waals surface area contributed by atoms with E-state index in [0.29, 0.717) is 6.54 Å². The monoisotopic (exact) mass is 268 g/mol. The van der Waals surface area contributed by atoms with Crippen molar-refractivity contribution in [2.24, 2.45) is 0 Å². The summed E-state index contributed by atoms with van der Waals surface area (Å²) in [5.41, 5.74) is 8.58. The molecule has 0 aliphatic rings. The van der Waals surface area contributed by atoms with E-state index in [4.69, 9.17) is 5.73 Å². The zero-order valence-corrected chi connectivity index (χ0v) is 11.5. The summed E-state index contributed by atoms with van der Waals surface area (Å²) in [5.74, 6) is 1.63. The summed E-state index contributed by atoms with van der Waals surface area (Å²) >= 11 is 0. The molecule has 2 aromatic heterocycles. The van der Waals surface area contributed by atoms with Crippen LogP contribution in [0.25, 0.3) is 5.65 Å². The van der Waals surface area contributed by atoms with Gasteiger partial charge in [-0.05, 0) is 18.6 Å². The number of hydrogen-bond acceptors (Lipinski definition) is 5. The molecule has 2 N–H and O–H groups in total. The smallest absolute Gasteiger partial charge is 0.203 e. The third kappa shape index (κ3) is 2.05. The topological polar surface area (TPSA) is 72.3 Å². The first-order chi connectivity index (χ1) is 9.66. The molecule has 0 saturated heterocycles. The number of para-hydroxylation sites is 1. The second-order valence-electron chi connectivity index (χ2n) is 4.75. The third-order valence-corrected chi connectivity index (χ3v) is 3.30. The summed E-state index contributed by atoms with van der Waals surface area (Å²) in [7, 11) is 1.97. The summed E-state index contributed by atoms with van der Waals surface area (Å²) in [6.45, 7) is 2.59. The Kier molecular flexibility index (Phi) is 2.98. The van der Waals surface area contributed by atoms with Gasteiger partial charge in [0.2, 0.25) is 5.65 Å². The molecule has 0 aliphatic carbocycles. The number of nitrogen functional groups attached to an aromatic ring is 1. The fraction of sp³-hybridized carbons (Fsp3) is 0.214. The van der Waals surface area contributed by atoms with Crippen molar-refractivity contribution in [1.29, 1.82) is 0 Å². The van der Waals surface area contributed by atoms with Gasteiger partial charge in [0.25, 0.3) is 0 Å². The summed E-state index contributed by atoms with van der Waals surface area (Å²) < 4.78 is 1.92. The van der Waals surface area contributed by atoms with Crippen LogP contribution in [0.1, 0.15) is 11.4 Å². The molecule has 20 heavy (non-hydrogen) atoms. The van der Waals surface area contributed by atoms with Gasteiger partial charge in [-0.25, -0.2) is 4.98 Å². The molecule has 3 rings (SSSR count). The van der Waals surface area contributed by atoms with Gasteiger partial charge in [0.15, 0.2) is 5.82 Å². The van der Waals surface area contributed by atoms with Crippen LogP contribution in [0.5, 0.6) is 0 Å². The van der Waals surface area contributed by atoms with Gasteiger partial charge in [0.1, 0.15) is 5.82 Å². The molecule has 1 aromatic carbocycles. The lowest BCUT2D eigenvalue weighted by molar-refractivity contribution is 0.892. The van der Waals surface area contributed by atoms with Crippen molar-refractivity contribution >= 4 is 17.2 Å². The van der Waals surface area contributed by atoms with Gasteiger partial charge < -0.3 is 10.6 Å². The fourth-order valence-electron chi connectivity index (χ4n) is 2.21. The Labute approximate surface area is 116 Å². The molecule has 0 unspecified atom stereocenters. The number of benzene rings is 1. The van der Waals surface area contributed by atoms with E-state index in [0.717, 1.165) is 28.5 Å². The minimum atomic E-state index is 0.672. The van der Waals surface area contributed by atoms with Crippen LogP contribution in [0.4, 0.5) is 11.5 Å². The number of nitrogens with zero attached hydrogens (tertiary/aromatic N) is 5. The van der Waals surface area contributed by atoms with Crippen molar-refractivity contribution in [2.45, 2.75) is 13.5 Å². The van der Waals surface area contributed by atoms with Crippen LogP contribution in [0.3, 0.4) is 0 Å². The molecule has 6 heteroatoms. The van der Waals surface area contributed by atoms with E-state index in [1.807, 2.05) is 53.7 Å². The molecule has 0 fully saturated rings. The predicted molar refractivity (Wildman–Crippen MR) is 78.5 cm³/mol. The highest BCUT2D eigenvalue weighted by molar-refractivity contribution is 5.64. The van der Waals surface area contributed by atoms with Crippen LogP contribution in [0, 0.1) is 6.92 Å². The quantitative estimate of drug-likeness (QED) is 0.731. The molecule has 3 aromatic rings. The highest BCUT2D eigenvalue weighted by Gasteiger charge is 2.12. The number of hydrogen-bond donors (Lipinski definition) is 1. The Morgan fingerprint density at radius 3 is 2.85 bits per heavy atom. The van der Waals surface area contributed by atoms with E-state index < -0.39 is 0 Å². The van der Waals surface area contributed by atoms with Gasteiger partial charge in [0.05, 0.1) is 0 Å².